The van der Waals surface area contributed by atoms with Gasteiger partial charge in [0.15, 0.2) is 0 Å². The normalized spacial score (nSPS) is 17.6. The first kappa shape index (κ1) is 15.6. The van der Waals surface area contributed by atoms with Crippen LogP contribution in [0, 0.1) is 6.92 Å². The summed E-state index contributed by atoms with van der Waals surface area (Å²) in [5.41, 5.74) is 3.54. The molecular formula is C19H17ClN2OS. The second-order valence-electron chi connectivity index (χ2n) is 6.17. The van der Waals surface area contributed by atoms with E-state index in [9.17, 15) is 4.79 Å². The summed E-state index contributed by atoms with van der Waals surface area (Å²) in [6.07, 6.45) is 2.06. The number of rotatable bonds is 2. The smallest absolute Gasteiger partial charge is 0.256 e. The molecule has 1 aliphatic rings. The minimum atomic E-state index is 0.0653. The Hall–Kier alpha value is -1.91. The summed E-state index contributed by atoms with van der Waals surface area (Å²) in [4.78, 5) is 19.7. The number of carbonyl (C=O) groups is 1. The molecule has 2 aromatic heterocycles. The third-order valence-corrected chi connectivity index (χ3v) is 5.58. The Morgan fingerprint density at radius 1 is 1.33 bits per heavy atom. The highest BCUT2D eigenvalue weighted by Gasteiger charge is 2.31. The maximum atomic E-state index is 13.2. The highest BCUT2D eigenvalue weighted by Crippen LogP contribution is 2.34. The number of benzene rings is 1. The molecule has 1 unspecified atom stereocenters. The van der Waals surface area contributed by atoms with E-state index in [1.165, 1.54) is 5.56 Å². The van der Waals surface area contributed by atoms with Crippen molar-refractivity contribution < 1.29 is 4.79 Å². The summed E-state index contributed by atoms with van der Waals surface area (Å²) in [5.74, 6) is 0.0653. The zero-order valence-electron chi connectivity index (χ0n) is 13.3. The van der Waals surface area contributed by atoms with Crippen LogP contribution in [0.5, 0.6) is 0 Å². The average molecular weight is 357 g/mol. The second-order valence-corrected chi connectivity index (χ2v) is 7.39. The zero-order valence-corrected chi connectivity index (χ0v) is 14.9. The van der Waals surface area contributed by atoms with Gasteiger partial charge in [-0.3, -0.25) is 9.78 Å². The third-order valence-electron chi connectivity index (χ3n) is 4.64. The molecule has 0 spiro atoms. The molecule has 1 aliphatic heterocycles. The van der Waals surface area contributed by atoms with Gasteiger partial charge in [-0.2, -0.15) is 11.3 Å². The van der Waals surface area contributed by atoms with Crippen LogP contribution in [0.3, 0.4) is 0 Å². The van der Waals surface area contributed by atoms with E-state index in [0.717, 1.165) is 36.0 Å². The van der Waals surface area contributed by atoms with Crippen LogP contribution in [-0.2, 0) is 0 Å². The standard InChI is InChI=1S/C19H17ClN2OS/c1-12-16(10-14-9-15(20)4-5-17(14)21-12)19(23)22-7-2-3-18(22)13-6-8-24-11-13/h4-6,8-11,18H,2-3,7H2,1H3. The zero-order chi connectivity index (χ0) is 16.7. The monoisotopic (exact) mass is 356 g/mol. The topological polar surface area (TPSA) is 33.2 Å². The summed E-state index contributed by atoms with van der Waals surface area (Å²) in [7, 11) is 0. The van der Waals surface area contributed by atoms with Crippen LogP contribution in [0.4, 0.5) is 0 Å². The molecule has 1 saturated heterocycles. The molecule has 3 nitrogen and oxygen atoms in total. The molecule has 3 heterocycles. The molecule has 1 amide bonds. The molecule has 24 heavy (non-hydrogen) atoms. The second kappa shape index (κ2) is 6.19. The number of amides is 1. The molecule has 0 aliphatic carbocycles. The number of likely N-dealkylation sites (tertiary alicyclic amines) is 1. The van der Waals surface area contributed by atoms with E-state index in [0.29, 0.717) is 10.6 Å². The average Bonchev–Trinajstić information content (AvgIpc) is 3.24. The van der Waals surface area contributed by atoms with Gasteiger partial charge in [-0.1, -0.05) is 11.6 Å². The highest BCUT2D eigenvalue weighted by molar-refractivity contribution is 7.08. The van der Waals surface area contributed by atoms with Gasteiger partial charge in [0.2, 0.25) is 0 Å². The summed E-state index contributed by atoms with van der Waals surface area (Å²) < 4.78 is 0. The number of nitrogens with zero attached hydrogens (tertiary/aromatic N) is 2. The van der Waals surface area contributed by atoms with Crippen LogP contribution >= 0.6 is 22.9 Å². The van der Waals surface area contributed by atoms with Gasteiger partial charge in [-0.05, 0) is 66.4 Å². The van der Waals surface area contributed by atoms with Gasteiger partial charge in [0.25, 0.3) is 5.91 Å². The van der Waals surface area contributed by atoms with E-state index in [4.69, 9.17) is 11.6 Å². The maximum absolute atomic E-state index is 13.2. The van der Waals surface area contributed by atoms with Crippen LogP contribution in [-0.4, -0.2) is 22.3 Å². The number of pyridine rings is 1. The van der Waals surface area contributed by atoms with Gasteiger partial charge in [0, 0.05) is 17.0 Å². The quantitative estimate of drug-likeness (QED) is 0.629. The van der Waals surface area contributed by atoms with Crippen molar-refractivity contribution in [2.24, 2.45) is 0 Å². The van der Waals surface area contributed by atoms with E-state index in [-0.39, 0.29) is 11.9 Å². The Morgan fingerprint density at radius 3 is 3.00 bits per heavy atom. The lowest BCUT2D eigenvalue weighted by Crippen LogP contribution is -2.31. The molecule has 1 fully saturated rings. The van der Waals surface area contributed by atoms with E-state index in [1.807, 2.05) is 36.1 Å². The molecule has 0 saturated carbocycles. The number of aryl methyl sites for hydroxylation is 1. The van der Waals surface area contributed by atoms with Gasteiger partial charge < -0.3 is 4.90 Å². The van der Waals surface area contributed by atoms with Crippen LogP contribution in [0.2, 0.25) is 5.02 Å². The van der Waals surface area contributed by atoms with Crippen molar-refractivity contribution in [1.82, 2.24) is 9.88 Å². The minimum absolute atomic E-state index is 0.0653. The van der Waals surface area contributed by atoms with Gasteiger partial charge >= 0.3 is 0 Å². The molecule has 122 valence electrons. The van der Waals surface area contributed by atoms with Crippen LogP contribution in [0.15, 0.2) is 41.1 Å². The lowest BCUT2D eigenvalue weighted by atomic mass is 10.1. The van der Waals surface area contributed by atoms with E-state index >= 15 is 0 Å². The van der Waals surface area contributed by atoms with Crippen LogP contribution in [0.25, 0.3) is 10.9 Å². The van der Waals surface area contributed by atoms with E-state index < -0.39 is 0 Å². The van der Waals surface area contributed by atoms with Gasteiger partial charge in [-0.25, -0.2) is 0 Å². The number of carbonyl (C=O) groups excluding carboxylic acids is 1. The number of thiophene rings is 1. The molecule has 4 rings (SSSR count). The SMILES string of the molecule is Cc1nc2ccc(Cl)cc2cc1C(=O)N1CCCC1c1ccsc1. The highest BCUT2D eigenvalue weighted by atomic mass is 35.5. The molecule has 1 aromatic carbocycles. The number of halogens is 1. The largest absolute Gasteiger partial charge is 0.332 e. The number of aromatic nitrogens is 1. The van der Waals surface area contributed by atoms with Crippen molar-refractivity contribution in [3.05, 3.63) is 62.9 Å². The predicted molar refractivity (Wildman–Crippen MR) is 98.8 cm³/mol. The van der Waals surface area contributed by atoms with Crippen LogP contribution < -0.4 is 0 Å². The number of hydrogen-bond acceptors (Lipinski definition) is 3. The van der Waals surface area contributed by atoms with Crippen molar-refractivity contribution in [1.29, 1.82) is 0 Å². The Kier molecular flexibility index (Phi) is 4.02. The summed E-state index contributed by atoms with van der Waals surface area (Å²) in [6.45, 7) is 2.70. The number of hydrogen-bond donors (Lipinski definition) is 0. The molecule has 0 N–H and O–H groups in total. The fourth-order valence-corrected chi connectivity index (χ4v) is 4.32. The fraction of sp³-hybridized carbons (Fsp3) is 0.263. The predicted octanol–water partition coefficient (Wildman–Crippen LogP) is 5.24. The first-order chi connectivity index (χ1) is 11.6. The Morgan fingerprint density at radius 2 is 2.21 bits per heavy atom. The Labute approximate surface area is 149 Å². The lowest BCUT2D eigenvalue weighted by molar-refractivity contribution is 0.0735. The van der Waals surface area contributed by atoms with Crippen molar-refractivity contribution in [3.63, 3.8) is 0 Å². The first-order valence-electron chi connectivity index (χ1n) is 8.03. The van der Waals surface area contributed by atoms with Crippen molar-refractivity contribution >= 4 is 39.7 Å². The van der Waals surface area contributed by atoms with E-state index in [1.54, 1.807) is 11.3 Å². The van der Waals surface area contributed by atoms with Gasteiger partial charge in [0.1, 0.15) is 0 Å². The van der Waals surface area contributed by atoms with Crippen molar-refractivity contribution in [2.45, 2.75) is 25.8 Å². The van der Waals surface area contributed by atoms with Gasteiger partial charge in [-0.15, -0.1) is 0 Å². The lowest BCUT2D eigenvalue weighted by Gasteiger charge is -2.25. The van der Waals surface area contributed by atoms with Crippen LogP contribution in [0.1, 0.15) is 40.5 Å². The van der Waals surface area contributed by atoms with Crippen molar-refractivity contribution in [2.75, 3.05) is 6.54 Å². The first-order valence-corrected chi connectivity index (χ1v) is 9.35. The molecule has 5 heteroatoms. The van der Waals surface area contributed by atoms with Gasteiger partial charge in [0.05, 0.1) is 22.8 Å². The molecule has 0 radical (unpaired) electrons. The maximum Gasteiger partial charge on any atom is 0.256 e. The summed E-state index contributed by atoms with van der Waals surface area (Å²) >= 11 is 7.76. The Bertz CT molecular complexity index is 907. The summed E-state index contributed by atoms with van der Waals surface area (Å²) in [6, 6.07) is 9.80. The Balaban J connectivity index is 1.73. The molecule has 0 bridgehead atoms. The molecule has 1 atom stereocenters. The minimum Gasteiger partial charge on any atom is -0.332 e. The molecule has 3 aromatic rings. The van der Waals surface area contributed by atoms with E-state index in [2.05, 4.69) is 21.8 Å². The van der Waals surface area contributed by atoms with Crippen molar-refractivity contribution in [3.8, 4) is 0 Å². The third kappa shape index (κ3) is 2.70. The molecular weight excluding hydrogens is 340 g/mol. The fourth-order valence-electron chi connectivity index (χ4n) is 3.44. The summed E-state index contributed by atoms with van der Waals surface area (Å²) in [5, 5.41) is 5.77. The number of fused-ring (bicyclic) bond motifs is 1.